The molecule has 3 N–H and O–H groups in total. The lowest BCUT2D eigenvalue weighted by atomic mass is 10.2. The van der Waals surface area contributed by atoms with Crippen molar-refractivity contribution < 1.29 is 4.79 Å². The highest BCUT2D eigenvalue weighted by Gasteiger charge is 2.30. The van der Waals surface area contributed by atoms with E-state index < -0.39 is 0 Å². The summed E-state index contributed by atoms with van der Waals surface area (Å²) in [6.07, 6.45) is 6.96. The molecule has 2 fully saturated rings. The fourth-order valence-corrected chi connectivity index (χ4v) is 4.32. The molecule has 6 nitrogen and oxygen atoms in total. The quantitative estimate of drug-likeness (QED) is 0.502. The van der Waals surface area contributed by atoms with Crippen LogP contribution in [0.5, 0.6) is 0 Å². The maximum Gasteiger partial charge on any atom is 0.226 e. The van der Waals surface area contributed by atoms with Crippen LogP contribution >= 0.6 is 11.6 Å². The Bertz CT molecular complexity index is 702. The standard InChI is InChI=1S/C21H32ClN5O/c1-15-18(22)8-5-9-19(15)26-20(28)10-12-24-21(23-2)25-16-11-13-27(14-16)17-6-3-4-7-17/h5,8-9,16-17H,3-4,6-7,10-14H2,1-2H3,(H,26,28)(H2,23,24,25). The first-order valence-electron chi connectivity index (χ1n) is 10.3. The molecule has 7 heteroatoms. The van der Waals surface area contributed by atoms with Crippen molar-refractivity contribution in [3.05, 3.63) is 28.8 Å². The number of benzene rings is 1. The van der Waals surface area contributed by atoms with E-state index in [0.29, 0.717) is 24.0 Å². The lowest BCUT2D eigenvalue weighted by Crippen LogP contribution is -2.45. The number of rotatable bonds is 6. The molecule has 1 aliphatic heterocycles. The van der Waals surface area contributed by atoms with Crippen LogP contribution in [0.4, 0.5) is 5.69 Å². The van der Waals surface area contributed by atoms with Gasteiger partial charge in [-0.1, -0.05) is 30.5 Å². The zero-order chi connectivity index (χ0) is 19.9. The second-order valence-corrected chi connectivity index (χ2v) is 8.18. The zero-order valence-corrected chi connectivity index (χ0v) is 17.7. The monoisotopic (exact) mass is 405 g/mol. The number of likely N-dealkylation sites (tertiary alicyclic amines) is 1. The largest absolute Gasteiger partial charge is 0.356 e. The SMILES string of the molecule is CN=C(NCCC(=O)Nc1cccc(Cl)c1C)NC1CCN(C2CCCC2)C1. The summed E-state index contributed by atoms with van der Waals surface area (Å²) in [5.74, 6) is 0.728. The van der Waals surface area contributed by atoms with Crippen molar-refractivity contribution >= 4 is 29.2 Å². The summed E-state index contributed by atoms with van der Waals surface area (Å²) in [7, 11) is 1.77. The number of nitrogens with one attached hydrogen (secondary N) is 3. The van der Waals surface area contributed by atoms with Crippen molar-refractivity contribution in [3.63, 3.8) is 0 Å². The van der Waals surface area contributed by atoms with Gasteiger partial charge in [0.2, 0.25) is 5.91 Å². The van der Waals surface area contributed by atoms with Crippen LogP contribution in [0.3, 0.4) is 0 Å². The van der Waals surface area contributed by atoms with Crippen LogP contribution in [-0.2, 0) is 4.79 Å². The smallest absolute Gasteiger partial charge is 0.226 e. The fraction of sp³-hybridized carbons (Fsp3) is 0.619. The van der Waals surface area contributed by atoms with Crippen LogP contribution in [0, 0.1) is 6.92 Å². The molecule has 1 heterocycles. The Balaban J connectivity index is 1.38. The summed E-state index contributed by atoms with van der Waals surface area (Å²) >= 11 is 6.10. The first-order chi connectivity index (χ1) is 13.6. The highest BCUT2D eigenvalue weighted by molar-refractivity contribution is 6.31. The van der Waals surface area contributed by atoms with Gasteiger partial charge in [-0.05, 0) is 43.9 Å². The zero-order valence-electron chi connectivity index (χ0n) is 16.9. The molecule has 0 spiro atoms. The van der Waals surface area contributed by atoms with Gasteiger partial charge >= 0.3 is 0 Å². The van der Waals surface area contributed by atoms with Gasteiger partial charge in [-0.2, -0.15) is 0 Å². The van der Waals surface area contributed by atoms with E-state index in [1.165, 1.54) is 32.2 Å². The Morgan fingerprint density at radius 2 is 2.07 bits per heavy atom. The molecule has 2 aliphatic rings. The average Bonchev–Trinajstić information content (AvgIpc) is 3.36. The number of hydrogen-bond donors (Lipinski definition) is 3. The second-order valence-electron chi connectivity index (χ2n) is 7.77. The van der Waals surface area contributed by atoms with Crippen molar-refractivity contribution in [2.75, 3.05) is 32.0 Å². The van der Waals surface area contributed by atoms with Gasteiger partial charge in [0.05, 0.1) is 0 Å². The van der Waals surface area contributed by atoms with Gasteiger partial charge in [0.15, 0.2) is 5.96 Å². The number of amides is 1. The number of aliphatic imine (C=N–C) groups is 1. The van der Waals surface area contributed by atoms with Crippen LogP contribution in [0.1, 0.15) is 44.1 Å². The van der Waals surface area contributed by atoms with E-state index in [1.807, 2.05) is 25.1 Å². The lowest BCUT2D eigenvalue weighted by Gasteiger charge is -2.24. The van der Waals surface area contributed by atoms with Crippen molar-refractivity contribution in [2.45, 2.75) is 57.5 Å². The molecule has 1 saturated carbocycles. The Kier molecular flexibility index (Phi) is 7.57. The molecule has 1 atom stereocenters. The molecule has 154 valence electrons. The van der Waals surface area contributed by atoms with Gasteiger partial charge in [-0.3, -0.25) is 14.7 Å². The molecular formula is C21H32ClN5O. The number of halogens is 1. The number of hydrogen-bond acceptors (Lipinski definition) is 3. The van der Waals surface area contributed by atoms with Crippen molar-refractivity contribution in [2.24, 2.45) is 4.99 Å². The maximum atomic E-state index is 12.2. The first-order valence-corrected chi connectivity index (χ1v) is 10.7. The summed E-state index contributed by atoms with van der Waals surface area (Å²) in [6, 6.07) is 6.73. The summed E-state index contributed by atoms with van der Waals surface area (Å²) < 4.78 is 0. The number of carbonyl (C=O) groups excluding carboxylic acids is 1. The normalized spacial score (nSPS) is 21.1. The van der Waals surface area contributed by atoms with Crippen molar-refractivity contribution in [1.82, 2.24) is 15.5 Å². The highest BCUT2D eigenvalue weighted by Crippen LogP contribution is 2.26. The molecule has 0 radical (unpaired) electrons. The summed E-state index contributed by atoms with van der Waals surface area (Å²) in [5.41, 5.74) is 1.65. The van der Waals surface area contributed by atoms with Gasteiger partial charge in [0, 0.05) is 55.9 Å². The number of anilines is 1. The predicted molar refractivity (Wildman–Crippen MR) is 116 cm³/mol. The van der Waals surface area contributed by atoms with Crippen LogP contribution in [0.15, 0.2) is 23.2 Å². The van der Waals surface area contributed by atoms with Crippen LogP contribution in [-0.4, -0.2) is 55.5 Å². The molecule has 3 rings (SSSR count). The Hall–Kier alpha value is -1.79. The predicted octanol–water partition coefficient (Wildman–Crippen LogP) is 3.16. The van der Waals surface area contributed by atoms with Crippen LogP contribution < -0.4 is 16.0 Å². The second kappa shape index (κ2) is 10.1. The summed E-state index contributed by atoms with van der Waals surface area (Å²) in [4.78, 5) is 19.2. The van der Waals surface area contributed by atoms with E-state index in [0.717, 1.165) is 36.2 Å². The molecule has 0 aromatic heterocycles. The number of nitrogens with zero attached hydrogens (tertiary/aromatic N) is 2. The Morgan fingerprint density at radius 1 is 1.29 bits per heavy atom. The average molecular weight is 406 g/mol. The molecular weight excluding hydrogens is 374 g/mol. The molecule has 1 amide bonds. The van der Waals surface area contributed by atoms with Gasteiger partial charge in [0.25, 0.3) is 0 Å². The summed E-state index contributed by atoms with van der Waals surface area (Å²) in [6.45, 7) is 4.68. The Labute approximate surface area is 173 Å². The highest BCUT2D eigenvalue weighted by atomic mass is 35.5. The summed E-state index contributed by atoms with van der Waals surface area (Å²) in [5, 5.41) is 10.3. The molecule has 1 aliphatic carbocycles. The fourth-order valence-electron chi connectivity index (χ4n) is 4.14. The molecule has 28 heavy (non-hydrogen) atoms. The topological polar surface area (TPSA) is 68.8 Å². The Morgan fingerprint density at radius 3 is 2.82 bits per heavy atom. The third-order valence-corrected chi connectivity index (χ3v) is 6.22. The van der Waals surface area contributed by atoms with E-state index in [4.69, 9.17) is 11.6 Å². The molecule has 1 aromatic rings. The molecule has 1 unspecified atom stereocenters. The van der Waals surface area contributed by atoms with Gasteiger partial charge in [-0.15, -0.1) is 0 Å². The first kappa shape index (κ1) is 20.9. The lowest BCUT2D eigenvalue weighted by molar-refractivity contribution is -0.116. The van der Waals surface area contributed by atoms with Crippen molar-refractivity contribution in [3.8, 4) is 0 Å². The third kappa shape index (κ3) is 5.61. The minimum Gasteiger partial charge on any atom is -0.356 e. The molecule has 0 bridgehead atoms. The minimum atomic E-state index is -0.0402. The third-order valence-electron chi connectivity index (χ3n) is 5.81. The molecule has 1 saturated heterocycles. The van der Waals surface area contributed by atoms with E-state index >= 15 is 0 Å². The van der Waals surface area contributed by atoms with Gasteiger partial charge in [0.1, 0.15) is 0 Å². The van der Waals surface area contributed by atoms with Gasteiger partial charge in [-0.25, -0.2) is 0 Å². The van der Waals surface area contributed by atoms with Gasteiger partial charge < -0.3 is 16.0 Å². The maximum absolute atomic E-state index is 12.2. The van der Waals surface area contributed by atoms with Crippen molar-refractivity contribution in [1.29, 1.82) is 0 Å². The van der Waals surface area contributed by atoms with E-state index in [-0.39, 0.29) is 5.91 Å². The van der Waals surface area contributed by atoms with E-state index in [2.05, 4.69) is 25.8 Å². The minimum absolute atomic E-state index is 0.0402. The van der Waals surface area contributed by atoms with Crippen LogP contribution in [0.2, 0.25) is 5.02 Å². The number of guanidine groups is 1. The molecule has 1 aromatic carbocycles. The van der Waals surface area contributed by atoms with Crippen LogP contribution in [0.25, 0.3) is 0 Å². The van der Waals surface area contributed by atoms with E-state index in [9.17, 15) is 4.79 Å². The van der Waals surface area contributed by atoms with E-state index in [1.54, 1.807) is 7.05 Å². The number of carbonyl (C=O) groups is 1.